The van der Waals surface area contributed by atoms with Crippen molar-refractivity contribution in [2.75, 3.05) is 6.54 Å². The van der Waals surface area contributed by atoms with Gasteiger partial charge >= 0.3 is 0 Å². The summed E-state index contributed by atoms with van der Waals surface area (Å²) in [6.07, 6.45) is 0.873. The molecule has 2 aromatic rings. The first-order valence-corrected chi connectivity index (χ1v) is 6.61. The Bertz CT molecular complexity index is 524. The van der Waals surface area contributed by atoms with Gasteiger partial charge in [0.25, 0.3) is 0 Å². The van der Waals surface area contributed by atoms with Crippen molar-refractivity contribution in [3.63, 3.8) is 0 Å². The third-order valence-corrected chi connectivity index (χ3v) is 3.83. The Labute approximate surface area is 115 Å². The van der Waals surface area contributed by atoms with Crippen LogP contribution in [0.2, 0.25) is 0 Å². The largest absolute Gasteiger partial charge is 0.457 e. The molecule has 0 bridgehead atoms. The van der Waals surface area contributed by atoms with Gasteiger partial charge in [0.15, 0.2) is 4.67 Å². The Morgan fingerprint density at radius 1 is 1.28 bits per heavy atom. The molecule has 1 heterocycles. The first kappa shape index (κ1) is 13.3. The van der Waals surface area contributed by atoms with Gasteiger partial charge in [0.1, 0.15) is 0 Å². The maximum atomic E-state index is 10.5. The highest BCUT2D eigenvalue weighted by molar-refractivity contribution is 9.10. The lowest BCUT2D eigenvalue weighted by Gasteiger charge is -2.23. The van der Waals surface area contributed by atoms with Gasteiger partial charge < -0.3 is 15.3 Å². The maximum absolute atomic E-state index is 10.5. The van der Waals surface area contributed by atoms with Crippen LogP contribution in [0.25, 0.3) is 0 Å². The molecule has 4 heteroatoms. The molecule has 2 unspecified atom stereocenters. The zero-order valence-electron chi connectivity index (χ0n) is 10.1. The molecule has 0 fully saturated rings. The van der Waals surface area contributed by atoms with Crippen LogP contribution in [0.4, 0.5) is 0 Å². The lowest BCUT2D eigenvalue weighted by molar-refractivity contribution is 0.145. The van der Waals surface area contributed by atoms with Crippen LogP contribution in [-0.4, -0.2) is 11.7 Å². The minimum atomic E-state index is -0.677. The third-order valence-electron chi connectivity index (χ3n) is 3.19. The van der Waals surface area contributed by atoms with Gasteiger partial charge in [-0.15, -0.1) is 0 Å². The number of aliphatic hydroxyl groups is 1. The second-order valence-electron chi connectivity index (χ2n) is 4.29. The minimum Gasteiger partial charge on any atom is -0.457 e. The molecule has 0 radical (unpaired) electrons. The van der Waals surface area contributed by atoms with Crippen LogP contribution < -0.4 is 5.73 Å². The number of halogens is 1. The standard InChI is InChI=1S/C14H16BrNO2/c1-9-4-2-3-5-10(9)12(8-16)13(17)11-6-7-18-14(11)15/h2-7,12-13,17H,8,16H2,1H3. The first-order valence-electron chi connectivity index (χ1n) is 5.81. The molecule has 0 aliphatic carbocycles. The van der Waals surface area contributed by atoms with Crippen molar-refractivity contribution in [3.8, 4) is 0 Å². The number of aryl methyl sites for hydroxylation is 1. The average Bonchev–Trinajstić information content (AvgIpc) is 2.78. The Kier molecular flexibility index (Phi) is 4.22. The van der Waals surface area contributed by atoms with Crippen LogP contribution in [0.3, 0.4) is 0 Å². The summed E-state index contributed by atoms with van der Waals surface area (Å²) in [6.45, 7) is 2.40. The minimum absolute atomic E-state index is 0.139. The first-order chi connectivity index (χ1) is 8.65. The van der Waals surface area contributed by atoms with Gasteiger partial charge in [-0.25, -0.2) is 0 Å². The molecule has 0 aliphatic heterocycles. The summed E-state index contributed by atoms with van der Waals surface area (Å²) in [6, 6.07) is 9.73. The van der Waals surface area contributed by atoms with Crippen LogP contribution in [-0.2, 0) is 0 Å². The fourth-order valence-electron chi connectivity index (χ4n) is 2.16. The van der Waals surface area contributed by atoms with Crippen LogP contribution in [0.15, 0.2) is 45.7 Å². The molecule has 3 nitrogen and oxygen atoms in total. The summed E-state index contributed by atoms with van der Waals surface area (Å²) in [5.74, 6) is -0.139. The number of nitrogens with two attached hydrogens (primary N) is 1. The SMILES string of the molecule is Cc1ccccc1C(CN)C(O)c1ccoc1Br. The number of furan rings is 1. The van der Waals surface area contributed by atoms with Gasteiger partial charge in [-0.05, 0) is 40.0 Å². The molecule has 1 aromatic carbocycles. The molecule has 1 aromatic heterocycles. The smallest absolute Gasteiger partial charge is 0.174 e. The summed E-state index contributed by atoms with van der Waals surface area (Å²) in [5.41, 5.74) is 8.76. The fraction of sp³-hybridized carbons (Fsp3) is 0.286. The van der Waals surface area contributed by atoms with E-state index < -0.39 is 6.10 Å². The highest BCUT2D eigenvalue weighted by Gasteiger charge is 2.25. The Hall–Kier alpha value is -1.10. The highest BCUT2D eigenvalue weighted by Crippen LogP contribution is 2.35. The molecule has 3 N–H and O–H groups in total. The van der Waals surface area contributed by atoms with Gasteiger partial charge in [0.2, 0.25) is 0 Å². The van der Waals surface area contributed by atoms with Crippen LogP contribution in [0.5, 0.6) is 0 Å². The molecule has 96 valence electrons. The quantitative estimate of drug-likeness (QED) is 0.912. The van der Waals surface area contributed by atoms with E-state index in [0.717, 1.165) is 16.7 Å². The van der Waals surface area contributed by atoms with Crippen LogP contribution >= 0.6 is 15.9 Å². The lowest BCUT2D eigenvalue weighted by atomic mass is 9.88. The number of benzene rings is 1. The summed E-state index contributed by atoms with van der Waals surface area (Å²) in [4.78, 5) is 0. The second-order valence-corrected chi connectivity index (χ2v) is 5.01. The van der Waals surface area contributed by atoms with E-state index in [9.17, 15) is 5.11 Å². The fourth-order valence-corrected chi connectivity index (χ4v) is 2.64. The molecule has 2 rings (SSSR count). The van der Waals surface area contributed by atoms with Crippen molar-refractivity contribution in [1.29, 1.82) is 0 Å². The zero-order chi connectivity index (χ0) is 13.1. The van der Waals surface area contributed by atoms with E-state index in [2.05, 4.69) is 15.9 Å². The van der Waals surface area contributed by atoms with E-state index >= 15 is 0 Å². The predicted molar refractivity (Wildman–Crippen MR) is 74.3 cm³/mol. The topological polar surface area (TPSA) is 59.4 Å². The van der Waals surface area contributed by atoms with E-state index in [1.807, 2.05) is 31.2 Å². The maximum Gasteiger partial charge on any atom is 0.174 e. The Morgan fingerprint density at radius 3 is 2.56 bits per heavy atom. The van der Waals surface area contributed by atoms with E-state index in [0.29, 0.717) is 11.2 Å². The average molecular weight is 310 g/mol. The number of rotatable bonds is 4. The molecular formula is C14H16BrNO2. The third kappa shape index (κ3) is 2.51. The number of hydrogen-bond acceptors (Lipinski definition) is 3. The predicted octanol–water partition coefficient (Wildman–Crippen LogP) is 3.13. The summed E-state index contributed by atoms with van der Waals surface area (Å²) >= 11 is 3.29. The summed E-state index contributed by atoms with van der Waals surface area (Å²) in [5, 5.41) is 10.5. The molecule has 0 aliphatic rings. The molecule has 2 atom stereocenters. The van der Waals surface area contributed by atoms with E-state index in [4.69, 9.17) is 10.2 Å². The molecule has 0 saturated heterocycles. The van der Waals surface area contributed by atoms with Crippen molar-refractivity contribution in [2.24, 2.45) is 5.73 Å². The van der Waals surface area contributed by atoms with Crippen molar-refractivity contribution in [3.05, 3.63) is 58.0 Å². The normalized spacial score (nSPS) is 14.4. The van der Waals surface area contributed by atoms with Crippen LogP contribution in [0.1, 0.15) is 28.7 Å². The summed E-state index contributed by atoms with van der Waals surface area (Å²) in [7, 11) is 0. The summed E-state index contributed by atoms with van der Waals surface area (Å²) < 4.78 is 5.72. The molecule has 18 heavy (non-hydrogen) atoms. The number of hydrogen-bond donors (Lipinski definition) is 2. The van der Waals surface area contributed by atoms with Gasteiger partial charge in [0.05, 0.1) is 12.4 Å². The van der Waals surface area contributed by atoms with E-state index in [-0.39, 0.29) is 5.92 Å². The van der Waals surface area contributed by atoms with Crippen molar-refractivity contribution in [1.82, 2.24) is 0 Å². The van der Waals surface area contributed by atoms with Crippen molar-refractivity contribution in [2.45, 2.75) is 18.9 Å². The Morgan fingerprint density at radius 2 is 2.00 bits per heavy atom. The van der Waals surface area contributed by atoms with E-state index in [1.165, 1.54) is 0 Å². The monoisotopic (exact) mass is 309 g/mol. The molecular weight excluding hydrogens is 294 g/mol. The zero-order valence-corrected chi connectivity index (χ0v) is 11.7. The van der Waals surface area contributed by atoms with Crippen molar-refractivity contribution >= 4 is 15.9 Å². The van der Waals surface area contributed by atoms with Gasteiger partial charge in [-0.2, -0.15) is 0 Å². The molecule has 0 amide bonds. The number of aliphatic hydroxyl groups excluding tert-OH is 1. The van der Waals surface area contributed by atoms with Gasteiger partial charge in [-0.1, -0.05) is 24.3 Å². The van der Waals surface area contributed by atoms with Gasteiger partial charge in [-0.3, -0.25) is 0 Å². The second kappa shape index (κ2) is 5.69. The Balaban J connectivity index is 2.35. The molecule has 0 saturated carbocycles. The van der Waals surface area contributed by atoms with Crippen LogP contribution in [0, 0.1) is 6.92 Å². The lowest BCUT2D eigenvalue weighted by Crippen LogP contribution is -2.21. The van der Waals surface area contributed by atoms with E-state index in [1.54, 1.807) is 12.3 Å². The highest BCUT2D eigenvalue weighted by atomic mass is 79.9. The van der Waals surface area contributed by atoms with Crippen molar-refractivity contribution < 1.29 is 9.52 Å². The molecule has 0 spiro atoms. The van der Waals surface area contributed by atoms with Gasteiger partial charge in [0, 0.05) is 18.0 Å².